The van der Waals surface area contributed by atoms with Crippen LogP contribution in [0.4, 0.5) is 0 Å². The van der Waals surface area contributed by atoms with Crippen molar-refractivity contribution in [2.75, 3.05) is 32.7 Å². The second kappa shape index (κ2) is 8.71. The average Bonchev–Trinajstić information content (AvgIpc) is 3.04. The van der Waals surface area contributed by atoms with E-state index in [4.69, 9.17) is 9.52 Å². The molecule has 0 saturated carbocycles. The van der Waals surface area contributed by atoms with E-state index in [1.54, 1.807) is 12.1 Å². The number of phenols is 1. The monoisotopic (exact) mass is 357 g/mol. The highest BCUT2D eigenvalue weighted by Gasteiger charge is 2.20. The number of hydrogen-bond donors (Lipinski definition) is 2. The smallest absolute Gasteiger partial charge is 0.194 e. The fourth-order valence-corrected chi connectivity index (χ4v) is 3.09. The van der Waals surface area contributed by atoms with Gasteiger partial charge in [0, 0.05) is 45.3 Å². The first-order valence-corrected chi connectivity index (χ1v) is 9.09. The number of piperazine rings is 1. The third-order valence-corrected chi connectivity index (χ3v) is 4.39. The SMILES string of the molecule is CCNC(=NCc1cccc(O)c1)N1CCN(Cc2cc(C)on2)CC1. The molecule has 1 aromatic heterocycles. The highest BCUT2D eigenvalue weighted by Crippen LogP contribution is 2.13. The molecule has 0 spiro atoms. The second-order valence-corrected chi connectivity index (χ2v) is 6.53. The Kier molecular flexibility index (Phi) is 6.12. The zero-order valence-corrected chi connectivity index (χ0v) is 15.5. The number of aromatic nitrogens is 1. The van der Waals surface area contributed by atoms with Crippen LogP contribution >= 0.6 is 0 Å². The summed E-state index contributed by atoms with van der Waals surface area (Å²) in [5.41, 5.74) is 1.99. The normalized spacial score (nSPS) is 16.1. The van der Waals surface area contributed by atoms with Gasteiger partial charge in [0.05, 0.1) is 12.2 Å². The van der Waals surface area contributed by atoms with E-state index in [-0.39, 0.29) is 5.75 Å². The number of guanidine groups is 1. The molecule has 1 aliphatic rings. The zero-order chi connectivity index (χ0) is 18.4. The minimum atomic E-state index is 0.277. The molecule has 140 valence electrons. The molecule has 2 N–H and O–H groups in total. The van der Waals surface area contributed by atoms with Crippen LogP contribution < -0.4 is 5.32 Å². The van der Waals surface area contributed by atoms with Crippen LogP contribution in [0.25, 0.3) is 0 Å². The predicted octanol–water partition coefficient (Wildman–Crippen LogP) is 1.97. The number of nitrogens with one attached hydrogen (secondary N) is 1. The van der Waals surface area contributed by atoms with Gasteiger partial charge in [-0.15, -0.1) is 0 Å². The fraction of sp³-hybridized carbons (Fsp3) is 0.474. The van der Waals surface area contributed by atoms with Crippen molar-refractivity contribution in [2.45, 2.75) is 26.9 Å². The third kappa shape index (κ3) is 4.98. The lowest BCUT2D eigenvalue weighted by atomic mass is 10.2. The molecule has 0 bridgehead atoms. The summed E-state index contributed by atoms with van der Waals surface area (Å²) in [5, 5.41) is 17.0. The maximum Gasteiger partial charge on any atom is 0.194 e. The molecule has 7 nitrogen and oxygen atoms in total. The quantitative estimate of drug-likeness (QED) is 0.629. The van der Waals surface area contributed by atoms with Gasteiger partial charge >= 0.3 is 0 Å². The van der Waals surface area contributed by atoms with Crippen molar-refractivity contribution in [2.24, 2.45) is 4.99 Å². The van der Waals surface area contributed by atoms with E-state index in [0.717, 1.165) is 62.2 Å². The summed E-state index contributed by atoms with van der Waals surface area (Å²) in [6, 6.07) is 9.24. The van der Waals surface area contributed by atoms with Crippen molar-refractivity contribution in [1.82, 2.24) is 20.3 Å². The summed E-state index contributed by atoms with van der Waals surface area (Å²) in [6.07, 6.45) is 0. The summed E-state index contributed by atoms with van der Waals surface area (Å²) in [4.78, 5) is 9.41. The van der Waals surface area contributed by atoms with Gasteiger partial charge in [0.15, 0.2) is 5.96 Å². The Morgan fingerprint density at radius 3 is 2.73 bits per heavy atom. The number of nitrogens with zero attached hydrogens (tertiary/aromatic N) is 4. The Bertz CT molecular complexity index is 735. The van der Waals surface area contributed by atoms with Crippen molar-refractivity contribution < 1.29 is 9.63 Å². The average molecular weight is 357 g/mol. The molecule has 0 amide bonds. The lowest BCUT2D eigenvalue weighted by Gasteiger charge is -2.36. The Morgan fingerprint density at radius 1 is 1.27 bits per heavy atom. The fourth-order valence-electron chi connectivity index (χ4n) is 3.09. The lowest BCUT2D eigenvalue weighted by Crippen LogP contribution is -2.52. The van der Waals surface area contributed by atoms with Gasteiger partial charge in [0.1, 0.15) is 11.5 Å². The number of aryl methyl sites for hydroxylation is 1. The number of rotatable bonds is 5. The van der Waals surface area contributed by atoms with Crippen LogP contribution in [-0.4, -0.2) is 58.7 Å². The van der Waals surface area contributed by atoms with Gasteiger partial charge in [-0.05, 0) is 31.5 Å². The molecule has 26 heavy (non-hydrogen) atoms. The van der Waals surface area contributed by atoms with Crippen LogP contribution in [0, 0.1) is 6.92 Å². The topological polar surface area (TPSA) is 77.1 Å². The predicted molar refractivity (Wildman–Crippen MR) is 101 cm³/mol. The maximum atomic E-state index is 9.59. The summed E-state index contributed by atoms with van der Waals surface area (Å²) in [7, 11) is 0. The summed E-state index contributed by atoms with van der Waals surface area (Å²) >= 11 is 0. The van der Waals surface area contributed by atoms with E-state index in [1.165, 1.54) is 0 Å². The van der Waals surface area contributed by atoms with Crippen LogP contribution in [0.3, 0.4) is 0 Å². The Balaban J connectivity index is 1.56. The van der Waals surface area contributed by atoms with E-state index in [9.17, 15) is 5.11 Å². The van der Waals surface area contributed by atoms with Crippen molar-refractivity contribution in [3.63, 3.8) is 0 Å². The Labute approximate surface area is 154 Å². The molecule has 0 atom stereocenters. The molecule has 0 radical (unpaired) electrons. The van der Waals surface area contributed by atoms with E-state index < -0.39 is 0 Å². The van der Waals surface area contributed by atoms with Gasteiger partial charge in [0.25, 0.3) is 0 Å². The van der Waals surface area contributed by atoms with Crippen LogP contribution in [0.2, 0.25) is 0 Å². The molecule has 7 heteroatoms. The molecular weight excluding hydrogens is 330 g/mol. The number of aromatic hydroxyl groups is 1. The van der Waals surface area contributed by atoms with Crippen molar-refractivity contribution in [3.05, 3.63) is 47.3 Å². The van der Waals surface area contributed by atoms with E-state index in [0.29, 0.717) is 6.54 Å². The van der Waals surface area contributed by atoms with Crippen LogP contribution in [0.5, 0.6) is 5.75 Å². The largest absolute Gasteiger partial charge is 0.508 e. The van der Waals surface area contributed by atoms with E-state index in [1.807, 2.05) is 25.1 Å². The molecule has 2 heterocycles. The first kappa shape index (κ1) is 18.3. The third-order valence-electron chi connectivity index (χ3n) is 4.39. The van der Waals surface area contributed by atoms with Crippen molar-refractivity contribution >= 4 is 5.96 Å². The standard InChI is InChI=1S/C19H27N5O2/c1-3-20-19(21-13-16-5-4-6-18(25)12-16)24-9-7-23(8-10-24)14-17-11-15(2)26-22-17/h4-6,11-12,25H,3,7-10,13-14H2,1-2H3,(H,20,21). The van der Waals surface area contributed by atoms with Crippen LogP contribution in [-0.2, 0) is 13.1 Å². The maximum absolute atomic E-state index is 9.59. The molecule has 1 saturated heterocycles. The Hall–Kier alpha value is -2.54. The van der Waals surface area contributed by atoms with Crippen LogP contribution in [0.15, 0.2) is 39.8 Å². The zero-order valence-electron chi connectivity index (χ0n) is 15.5. The number of benzene rings is 1. The van der Waals surface area contributed by atoms with Crippen molar-refractivity contribution in [1.29, 1.82) is 0 Å². The molecular formula is C19H27N5O2. The number of hydrogen-bond acceptors (Lipinski definition) is 5. The summed E-state index contributed by atoms with van der Waals surface area (Å²) in [6.45, 7) is 9.96. The van der Waals surface area contributed by atoms with Gasteiger partial charge < -0.3 is 19.8 Å². The van der Waals surface area contributed by atoms with Gasteiger partial charge in [-0.2, -0.15) is 0 Å². The minimum absolute atomic E-state index is 0.277. The lowest BCUT2D eigenvalue weighted by molar-refractivity contribution is 0.169. The van der Waals surface area contributed by atoms with E-state index >= 15 is 0 Å². The highest BCUT2D eigenvalue weighted by molar-refractivity contribution is 5.80. The van der Waals surface area contributed by atoms with Gasteiger partial charge in [0.2, 0.25) is 0 Å². The van der Waals surface area contributed by atoms with Gasteiger partial charge in [-0.3, -0.25) is 4.90 Å². The molecule has 1 aromatic carbocycles. The van der Waals surface area contributed by atoms with Crippen molar-refractivity contribution in [3.8, 4) is 5.75 Å². The first-order chi connectivity index (χ1) is 12.6. The molecule has 0 unspecified atom stereocenters. The van der Waals surface area contributed by atoms with Crippen LogP contribution in [0.1, 0.15) is 23.9 Å². The first-order valence-electron chi connectivity index (χ1n) is 9.09. The number of phenolic OH excluding ortho intramolecular Hbond substituents is 1. The highest BCUT2D eigenvalue weighted by atomic mass is 16.5. The van der Waals surface area contributed by atoms with E-state index in [2.05, 4.69) is 27.2 Å². The summed E-state index contributed by atoms with van der Waals surface area (Å²) in [5.74, 6) is 2.05. The number of aliphatic imine (C=N–C) groups is 1. The van der Waals surface area contributed by atoms with Gasteiger partial charge in [-0.1, -0.05) is 17.3 Å². The molecule has 1 aliphatic heterocycles. The molecule has 3 rings (SSSR count). The van der Waals surface area contributed by atoms with Gasteiger partial charge in [-0.25, -0.2) is 4.99 Å². The summed E-state index contributed by atoms with van der Waals surface area (Å²) < 4.78 is 5.15. The Morgan fingerprint density at radius 2 is 2.08 bits per heavy atom. The minimum Gasteiger partial charge on any atom is -0.508 e. The molecule has 2 aromatic rings. The second-order valence-electron chi connectivity index (χ2n) is 6.53. The molecule has 1 fully saturated rings. The molecule has 0 aliphatic carbocycles.